The first-order chi connectivity index (χ1) is 8.74. The topological polar surface area (TPSA) is 42.2 Å². The average molecular weight is 263 g/mol. The summed E-state index contributed by atoms with van der Waals surface area (Å²) in [5.41, 5.74) is 0. The standard InChI is InChI=1S/C13H17N3OS/c1-9(11-4-3-7-18-11)16(2)8-12-14-13(15-17-12)10-5-6-10/h3-4,7,9-10H,5-6,8H2,1-2H3/t9-/m1/s1. The third-order valence-electron chi connectivity index (χ3n) is 3.43. The fraction of sp³-hybridized carbons (Fsp3) is 0.538. The zero-order valence-corrected chi connectivity index (χ0v) is 11.5. The van der Waals surface area contributed by atoms with Crippen LogP contribution < -0.4 is 0 Å². The van der Waals surface area contributed by atoms with Gasteiger partial charge in [0.25, 0.3) is 0 Å². The van der Waals surface area contributed by atoms with Crippen LogP contribution in [0.4, 0.5) is 0 Å². The zero-order valence-electron chi connectivity index (χ0n) is 10.7. The van der Waals surface area contributed by atoms with Crippen molar-refractivity contribution >= 4 is 11.3 Å². The Hall–Kier alpha value is -1.20. The third-order valence-corrected chi connectivity index (χ3v) is 4.47. The van der Waals surface area contributed by atoms with Gasteiger partial charge < -0.3 is 4.52 Å². The summed E-state index contributed by atoms with van der Waals surface area (Å²) >= 11 is 1.78. The number of nitrogens with zero attached hydrogens (tertiary/aromatic N) is 3. The first-order valence-electron chi connectivity index (χ1n) is 6.30. The van der Waals surface area contributed by atoms with Gasteiger partial charge in [0.15, 0.2) is 5.82 Å². The zero-order chi connectivity index (χ0) is 12.5. The van der Waals surface area contributed by atoms with Crippen LogP contribution >= 0.6 is 11.3 Å². The quantitative estimate of drug-likeness (QED) is 0.830. The Balaban J connectivity index is 1.64. The van der Waals surface area contributed by atoms with E-state index in [0.717, 1.165) is 11.7 Å². The number of thiophene rings is 1. The van der Waals surface area contributed by atoms with Crippen molar-refractivity contribution in [3.63, 3.8) is 0 Å². The molecular formula is C13H17N3OS. The van der Waals surface area contributed by atoms with Gasteiger partial charge in [0.2, 0.25) is 5.89 Å². The van der Waals surface area contributed by atoms with Crippen LogP contribution in [0, 0.1) is 0 Å². The van der Waals surface area contributed by atoms with Crippen molar-refractivity contribution < 1.29 is 4.52 Å². The van der Waals surface area contributed by atoms with E-state index in [0.29, 0.717) is 18.5 Å². The molecule has 2 aromatic rings. The molecule has 1 fully saturated rings. The van der Waals surface area contributed by atoms with E-state index >= 15 is 0 Å². The average Bonchev–Trinajstić information content (AvgIpc) is 2.91. The van der Waals surface area contributed by atoms with E-state index in [-0.39, 0.29) is 0 Å². The molecule has 0 bridgehead atoms. The van der Waals surface area contributed by atoms with Gasteiger partial charge >= 0.3 is 0 Å². The van der Waals surface area contributed by atoms with Crippen LogP contribution in [0.25, 0.3) is 0 Å². The lowest BCUT2D eigenvalue weighted by molar-refractivity contribution is 0.218. The summed E-state index contributed by atoms with van der Waals surface area (Å²) in [6.45, 7) is 2.91. The molecule has 0 radical (unpaired) electrons. The molecule has 4 nitrogen and oxygen atoms in total. The molecule has 0 spiro atoms. The maximum Gasteiger partial charge on any atom is 0.240 e. The molecule has 0 N–H and O–H groups in total. The molecule has 0 saturated heterocycles. The van der Waals surface area contributed by atoms with Crippen molar-refractivity contribution in [2.45, 2.75) is 38.3 Å². The molecule has 96 valence electrons. The van der Waals surface area contributed by atoms with Crippen LogP contribution in [0.5, 0.6) is 0 Å². The SMILES string of the molecule is C[C@H](c1cccs1)N(C)Cc1nc(C2CC2)no1. The van der Waals surface area contributed by atoms with Crippen molar-refractivity contribution in [1.82, 2.24) is 15.0 Å². The van der Waals surface area contributed by atoms with Gasteiger partial charge in [-0.2, -0.15) is 4.98 Å². The van der Waals surface area contributed by atoms with Crippen LogP contribution in [0.1, 0.15) is 48.3 Å². The van der Waals surface area contributed by atoms with Crippen molar-refractivity contribution in [3.8, 4) is 0 Å². The monoisotopic (exact) mass is 263 g/mol. The number of rotatable bonds is 5. The summed E-state index contributed by atoms with van der Waals surface area (Å²) < 4.78 is 5.30. The predicted octanol–water partition coefficient (Wildman–Crippen LogP) is 3.20. The second kappa shape index (κ2) is 4.82. The van der Waals surface area contributed by atoms with Gasteiger partial charge in [-0.3, -0.25) is 4.90 Å². The van der Waals surface area contributed by atoms with Gasteiger partial charge in [0, 0.05) is 16.8 Å². The first-order valence-corrected chi connectivity index (χ1v) is 7.18. The molecule has 0 unspecified atom stereocenters. The van der Waals surface area contributed by atoms with Gasteiger partial charge in [-0.15, -0.1) is 11.3 Å². The van der Waals surface area contributed by atoms with E-state index in [4.69, 9.17) is 4.52 Å². The summed E-state index contributed by atoms with van der Waals surface area (Å²) in [6, 6.07) is 4.62. The van der Waals surface area contributed by atoms with Gasteiger partial charge in [-0.25, -0.2) is 0 Å². The van der Waals surface area contributed by atoms with Crippen molar-refractivity contribution in [2.24, 2.45) is 0 Å². The third kappa shape index (κ3) is 2.47. The van der Waals surface area contributed by atoms with E-state index in [9.17, 15) is 0 Å². The molecule has 2 heterocycles. The van der Waals surface area contributed by atoms with E-state index < -0.39 is 0 Å². The summed E-state index contributed by atoms with van der Waals surface area (Å²) in [4.78, 5) is 8.05. The van der Waals surface area contributed by atoms with Crippen molar-refractivity contribution in [2.75, 3.05) is 7.05 Å². The summed E-state index contributed by atoms with van der Waals surface area (Å²) in [5, 5.41) is 6.15. The Morgan fingerprint density at radius 2 is 2.39 bits per heavy atom. The number of aromatic nitrogens is 2. The molecule has 5 heteroatoms. The Morgan fingerprint density at radius 3 is 3.06 bits per heavy atom. The number of hydrogen-bond acceptors (Lipinski definition) is 5. The van der Waals surface area contributed by atoms with Gasteiger partial charge in [0.05, 0.1) is 6.54 Å². The lowest BCUT2D eigenvalue weighted by atomic mass is 10.2. The predicted molar refractivity (Wildman–Crippen MR) is 70.5 cm³/mol. The lowest BCUT2D eigenvalue weighted by Crippen LogP contribution is -2.21. The number of hydrogen-bond donors (Lipinski definition) is 0. The summed E-state index contributed by atoms with van der Waals surface area (Å²) in [5.74, 6) is 2.17. The van der Waals surface area contributed by atoms with Crippen molar-refractivity contribution in [1.29, 1.82) is 0 Å². The second-order valence-corrected chi connectivity index (χ2v) is 5.91. The van der Waals surface area contributed by atoms with Crippen LogP contribution in [0.2, 0.25) is 0 Å². The molecular weight excluding hydrogens is 246 g/mol. The highest BCUT2D eigenvalue weighted by Crippen LogP contribution is 2.38. The maximum atomic E-state index is 5.30. The van der Waals surface area contributed by atoms with Crippen LogP contribution in [-0.4, -0.2) is 22.1 Å². The maximum absolute atomic E-state index is 5.30. The van der Waals surface area contributed by atoms with E-state index in [1.807, 2.05) is 0 Å². The molecule has 0 amide bonds. The molecule has 2 aromatic heterocycles. The minimum atomic E-state index is 0.376. The molecule has 0 aromatic carbocycles. The molecule has 18 heavy (non-hydrogen) atoms. The van der Waals surface area contributed by atoms with Crippen LogP contribution in [-0.2, 0) is 6.54 Å². The molecule has 0 aliphatic heterocycles. The van der Waals surface area contributed by atoms with Crippen molar-refractivity contribution in [3.05, 3.63) is 34.1 Å². The first kappa shape index (κ1) is 11.9. The summed E-state index contributed by atoms with van der Waals surface area (Å²) in [7, 11) is 2.09. The smallest absolute Gasteiger partial charge is 0.240 e. The highest BCUT2D eigenvalue weighted by Gasteiger charge is 2.29. The normalized spacial score (nSPS) is 17.3. The van der Waals surface area contributed by atoms with E-state index in [1.165, 1.54) is 17.7 Å². The van der Waals surface area contributed by atoms with Gasteiger partial charge in [-0.1, -0.05) is 11.2 Å². The van der Waals surface area contributed by atoms with Crippen LogP contribution in [0.3, 0.4) is 0 Å². The minimum absolute atomic E-state index is 0.376. The Labute approximate surface area is 111 Å². The highest BCUT2D eigenvalue weighted by atomic mass is 32.1. The van der Waals surface area contributed by atoms with Gasteiger partial charge in [-0.05, 0) is 38.3 Å². The molecule has 1 saturated carbocycles. The Kier molecular flexibility index (Phi) is 3.18. The fourth-order valence-corrected chi connectivity index (χ4v) is 2.78. The van der Waals surface area contributed by atoms with E-state index in [1.54, 1.807) is 11.3 Å². The van der Waals surface area contributed by atoms with Gasteiger partial charge in [0.1, 0.15) is 0 Å². The summed E-state index contributed by atoms with van der Waals surface area (Å²) in [6.07, 6.45) is 2.42. The molecule has 1 aliphatic carbocycles. The second-order valence-electron chi connectivity index (χ2n) is 4.93. The molecule has 1 aliphatic rings. The van der Waals surface area contributed by atoms with Crippen LogP contribution in [0.15, 0.2) is 22.0 Å². The molecule has 3 rings (SSSR count). The Morgan fingerprint density at radius 1 is 1.56 bits per heavy atom. The fourth-order valence-electron chi connectivity index (χ4n) is 1.94. The molecule has 1 atom stereocenters. The Bertz CT molecular complexity index is 504. The highest BCUT2D eigenvalue weighted by molar-refractivity contribution is 7.10. The van der Waals surface area contributed by atoms with E-state index in [2.05, 4.69) is 46.5 Å². The minimum Gasteiger partial charge on any atom is -0.338 e. The largest absolute Gasteiger partial charge is 0.338 e. The lowest BCUT2D eigenvalue weighted by Gasteiger charge is -2.21.